The van der Waals surface area contributed by atoms with Crippen LogP contribution in [0.4, 0.5) is 0 Å². The number of hydrogen-bond donors (Lipinski definition) is 2. The van der Waals surface area contributed by atoms with Gasteiger partial charge in [0, 0.05) is 18.3 Å². The number of nitrogens with one attached hydrogen (secondary N) is 2. The van der Waals surface area contributed by atoms with Crippen LogP contribution in [-0.4, -0.2) is 19.4 Å². The lowest BCUT2D eigenvalue weighted by atomic mass is 10.2. The van der Waals surface area contributed by atoms with E-state index in [9.17, 15) is 13.2 Å². The van der Waals surface area contributed by atoms with Gasteiger partial charge in [0.05, 0.1) is 4.90 Å². The number of H-pyrrole nitrogens is 1. The molecule has 1 unspecified atom stereocenters. The van der Waals surface area contributed by atoms with E-state index in [1.54, 1.807) is 0 Å². The van der Waals surface area contributed by atoms with Crippen LogP contribution in [0.15, 0.2) is 28.0 Å². The molecule has 0 bridgehead atoms. The van der Waals surface area contributed by atoms with E-state index in [0.717, 1.165) is 6.42 Å². The zero-order valence-corrected chi connectivity index (χ0v) is 9.97. The fraction of sp³-hybridized carbons (Fsp3) is 0.500. The van der Waals surface area contributed by atoms with Gasteiger partial charge in [-0.1, -0.05) is 13.8 Å². The normalized spacial score (nSPS) is 23.0. The summed E-state index contributed by atoms with van der Waals surface area (Å²) >= 11 is 0. The minimum Gasteiger partial charge on any atom is -0.328 e. The molecule has 1 heterocycles. The predicted octanol–water partition coefficient (Wildman–Crippen LogP) is 0.452. The van der Waals surface area contributed by atoms with E-state index in [1.165, 1.54) is 18.3 Å². The highest BCUT2D eigenvalue weighted by Crippen LogP contribution is 2.45. The van der Waals surface area contributed by atoms with Crippen molar-refractivity contribution in [2.75, 3.05) is 0 Å². The highest BCUT2D eigenvalue weighted by molar-refractivity contribution is 7.89. The van der Waals surface area contributed by atoms with Crippen molar-refractivity contribution in [2.45, 2.75) is 31.2 Å². The van der Waals surface area contributed by atoms with Crippen LogP contribution in [-0.2, 0) is 10.0 Å². The average molecular weight is 242 g/mol. The maximum atomic E-state index is 11.8. The van der Waals surface area contributed by atoms with Gasteiger partial charge >= 0.3 is 0 Å². The fourth-order valence-electron chi connectivity index (χ4n) is 1.49. The molecular formula is C10H14N2O3S. The minimum atomic E-state index is -3.50. The Balaban J connectivity index is 2.20. The third-order valence-corrected chi connectivity index (χ3v) is 4.35. The number of rotatable bonds is 3. The second kappa shape index (κ2) is 3.43. The number of aromatic amines is 1. The van der Waals surface area contributed by atoms with E-state index < -0.39 is 10.0 Å². The molecule has 1 fully saturated rings. The molecule has 1 aromatic heterocycles. The van der Waals surface area contributed by atoms with Crippen molar-refractivity contribution in [2.24, 2.45) is 5.41 Å². The average Bonchev–Trinajstić information content (AvgIpc) is 2.73. The molecule has 0 saturated heterocycles. The third-order valence-electron chi connectivity index (χ3n) is 2.88. The van der Waals surface area contributed by atoms with E-state index in [1.807, 2.05) is 13.8 Å². The van der Waals surface area contributed by atoms with Crippen LogP contribution in [0, 0.1) is 5.41 Å². The zero-order chi connectivity index (χ0) is 12.0. The monoisotopic (exact) mass is 242 g/mol. The Labute approximate surface area is 93.9 Å². The molecule has 1 atom stereocenters. The zero-order valence-electron chi connectivity index (χ0n) is 9.15. The first-order valence-corrected chi connectivity index (χ1v) is 6.51. The smallest absolute Gasteiger partial charge is 0.247 e. The Morgan fingerprint density at radius 1 is 1.44 bits per heavy atom. The van der Waals surface area contributed by atoms with Crippen LogP contribution in [0.1, 0.15) is 20.3 Å². The molecule has 0 aromatic carbocycles. The SMILES string of the molecule is CC1(C)CC1NS(=O)(=O)c1ccc(=O)[nH]c1. The van der Waals surface area contributed by atoms with Gasteiger partial charge in [0.2, 0.25) is 15.6 Å². The standard InChI is InChI=1S/C10H14N2O3S/c1-10(2)5-8(10)12-16(14,15)7-3-4-9(13)11-6-7/h3-4,6,8,12H,5H2,1-2H3,(H,11,13). The summed E-state index contributed by atoms with van der Waals surface area (Å²) in [4.78, 5) is 13.3. The summed E-state index contributed by atoms with van der Waals surface area (Å²) in [5, 5.41) is 0. The highest BCUT2D eigenvalue weighted by atomic mass is 32.2. The summed E-state index contributed by atoms with van der Waals surface area (Å²) in [6, 6.07) is 2.49. The Morgan fingerprint density at radius 2 is 2.06 bits per heavy atom. The molecule has 6 heteroatoms. The van der Waals surface area contributed by atoms with Crippen molar-refractivity contribution in [1.29, 1.82) is 0 Å². The Hall–Kier alpha value is -1.14. The summed E-state index contributed by atoms with van der Waals surface area (Å²) in [5.41, 5.74) is -0.277. The van der Waals surface area contributed by atoms with Crippen LogP contribution in [0.5, 0.6) is 0 Å². The Morgan fingerprint density at radius 3 is 2.50 bits per heavy atom. The van der Waals surface area contributed by atoms with Crippen LogP contribution in [0.2, 0.25) is 0 Å². The van der Waals surface area contributed by atoms with Gasteiger partial charge in [0.25, 0.3) is 0 Å². The first-order chi connectivity index (χ1) is 7.31. The number of hydrogen-bond acceptors (Lipinski definition) is 3. The molecule has 0 aliphatic heterocycles. The quantitative estimate of drug-likeness (QED) is 0.807. The van der Waals surface area contributed by atoms with Gasteiger partial charge in [0.1, 0.15) is 0 Å². The molecule has 2 rings (SSSR count). The van der Waals surface area contributed by atoms with Crippen molar-refractivity contribution in [1.82, 2.24) is 9.71 Å². The highest BCUT2D eigenvalue weighted by Gasteiger charge is 2.47. The summed E-state index contributed by atoms with van der Waals surface area (Å²) in [5.74, 6) is 0. The summed E-state index contributed by atoms with van der Waals surface area (Å²) in [7, 11) is -3.50. The lowest BCUT2D eigenvalue weighted by molar-refractivity contribution is 0.554. The van der Waals surface area contributed by atoms with E-state index in [-0.39, 0.29) is 21.9 Å². The molecule has 1 aromatic rings. The van der Waals surface area contributed by atoms with Gasteiger partial charge in [-0.05, 0) is 17.9 Å². The summed E-state index contributed by atoms with van der Waals surface area (Å²) in [6.45, 7) is 4.01. The van der Waals surface area contributed by atoms with Gasteiger partial charge in [-0.25, -0.2) is 13.1 Å². The second-order valence-electron chi connectivity index (χ2n) is 4.76. The van der Waals surface area contributed by atoms with E-state index >= 15 is 0 Å². The van der Waals surface area contributed by atoms with Crippen molar-refractivity contribution in [3.63, 3.8) is 0 Å². The number of pyridine rings is 1. The van der Waals surface area contributed by atoms with Crippen molar-refractivity contribution >= 4 is 10.0 Å². The molecule has 5 nitrogen and oxygen atoms in total. The predicted molar refractivity (Wildman–Crippen MR) is 59.6 cm³/mol. The lowest BCUT2D eigenvalue weighted by Crippen LogP contribution is -2.29. The van der Waals surface area contributed by atoms with Crippen LogP contribution in [0.3, 0.4) is 0 Å². The molecule has 0 radical (unpaired) electrons. The maximum absolute atomic E-state index is 11.8. The molecule has 2 N–H and O–H groups in total. The van der Waals surface area contributed by atoms with Gasteiger partial charge in [-0.3, -0.25) is 4.79 Å². The van der Waals surface area contributed by atoms with Gasteiger partial charge < -0.3 is 4.98 Å². The van der Waals surface area contributed by atoms with Crippen LogP contribution in [0.25, 0.3) is 0 Å². The lowest BCUT2D eigenvalue weighted by Gasteiger charge is -2.07. The molecule has 0 spiro atoms. The maximum Gasteiger partial charge on any atom is 0.247 e. The molecule has 1 saturated carbocycles. The summed E-state index contributed by atoms with van der Waals surface area (Å²) < 4.78 is 26.3. The van der Waals surface area contributed by atoms with E-state index in [2.05, 4.69) is 9.71 Å². The van der Waals surface area contributed by atoms with Crippen molar-refractivity contribution in [3.8, 4) is 0 Å². The largest absolute Gasteiger partial charge is 0.328 e. The summed E-state index contributed by atoms with van der Waals surface area (Å²) in [6.07, 6.45) is 2.05. The number of aromatic nitrogens is 1. The molecule has 1 aliphatic carbocycles. The van der Waals surface area contributed by atoms with Crippen LogP contribution < -0.4 is 10.3 Å². The van der Waals surface area contributed by atoms with Gasteiger partial charge in [0.15, 0.2) is 0 Å². The molecular weight excluding hydrogens is 228 g/mol. The molecule has 88 valence electrons. The van der Waals surface area contributed by atoms with Crippen molar-refractivity contribution in [3.05, 3.63) is 28.7 Å². The number of sulfonamides is 1. The minimum absolute atomic E-state index is 0.00979. The molecule has 1 aliphatic rings. The Kier molecular flexibility index (Phi) is 2.43. The van der Waals surface area contributed by atoms with E-state index in [4.69, 9.17) is 0 Å². The van der Waals surface area contributed by atoms with E-state index in [0.29, 0.717) is 0 Å². The molecule has 0 amide bonds. The third kappa shape index (κ3) is 2.17. The van der Waals surface area contributed by atoms with Crippen molar-refractivity contribution < 1.29 is 8.42 Å². The first kappa shape index (κ1) is 11.3. The first-order valence-electron chi connectivity index (χ1n) is 5.02. The Bertz CT molecular complexity index is 539. The van der Waals surface area contributed by atoms with Gasteiger partial charge in [-0.2, -0.15) is 0 Å². The topological polar surface area (TPSA) is 79.0 Å². The van der Waals surface area contributed by atoms with Crippen LogP contribution >= 0.6 is 0 Å². The molecule has 16 heavy (non-hydrogen) atoms. The van der Waals surface area contributed by atoms with Gasteiger partial charge in [-0.15, -0.1) is 0 Å². The second-order valence-corrected chi connectivity index (χ2v) is 6.47. The fourth-order valence-corrected chi connectivity index (χ4v) is 2.86.